The van der Waals surface area contributed by atoms with Crippen LogP contribution in [0.2, 0.25) is 0 Å². The zero-order valence-electron chi connectivity index (χ0n) is 27.4. The average molecular weight is 631 g/mol. The van der Waals surface area contributed by atoms with Gasteiger partial charge in [-0.2, -0.15) is 0 Å². The van der Waals surface area contributed by atoms with Gasteiger partial charge in [-0.05, 0) is 98.5 Å². The number of hydrogen-bond donors (Lipinski definition) is 0. The number of carbonyl (C=O) groups excluding carboxylic acids is 3. The molecule has 0 aliphatic carbocycles. The Kier molecular flexibility index (Phi) is 16.5. The average Bonchev–Trinajstić information content (AvgIpc) is 3.05. The van der Waals surface area contributed by atoms with Crippen LogP contribution in [0.25, 0.3) is 0 Å². The third kappa shape index (κ3) is 13.7. The first-order chi connectivity index (χ1) is 21.9. The van der Waals surface area contributed by atoms with Crippen molar-refractivity contribution in [2.45, 2.75) is 122 Å². The van der Waals surface area contributed by atoms with Crippen LogP contribution in [0.15, 0.2) is 77.7 Å². The van der Waals surface area contributed by atoms with Crippen LogP contribution in [0.1, 0.15) is 141 Å². The van der Waals surface area contributed by atoms with Gasteiger partial charge in [0.1, 0.15) is 5.75 Å². The van der Waals surface area contributed by atoms with Crippen molar-refractivity contribution < 1.29 is 23.9 Å². The lowest BCUT2D eigenvalue weighted by Crippen LogP contribution is -2.15. The van der Waals surface area contributed by atoms with E-state index in [1.54, 1.807) is 48.5 Å². The summed E-state index contributed by atoms with van der Waals surface area (Å²) in [6.45, 7) is 6.33. The van der Waals surface area contributed by atoms with E-state index >= 15 is 0 Å². The second kappa shape index (κ2) is 20.6. The molecule has 0 heterocycles. The third-order valence-corrected chi connectivity index (χ3v) is 8.81. The summed E-state index contributed by atoms with van der Waals surface area (Å²) in [5, 5.41) is -0.0338. The molecule has 242 valence electrons. The van der Waals surface area contributed by atoms with Gasteiger partial charge in [0.2, 0.25) is 5.12 Å². The van der Waals surface area contributed by atoms with E-state index in [4.69, 9.17) is 9.47 Å². The Morgan fingerprint density at radius 2 is 1.11 bits per heavy atom. The van der Waals surface area contributed by atoms with Crippen LogP contribution in [0.4, 0.5) is 0 Å². The standard InChI is InChI=1S/C39H50O5S/c1-4-6-8-10-11-12-13-15-17-31-18-20-34(21-19-31)39(42)45-36-28-24-33(25-29-36)38(41)44-35-26-22-32(23-27-35)37(40)43-30(3)16-14-9-7-5-2/h18-30H,4-17H2,1-3H3. The smallest absolute Gasteiger partial charge is 0.343 e. The molecule has 0 bridgehead atoms. The second-order valence-electron chi connectivity index (χ2n) is 11.8. The zero-order valence-corrected chi connectivity index (χ0v) is 28.2. The Labute approximate surface area is 274 Å². The third-order valence-electron chi connectivity index (χ3n) is 7.88. The molecule has 1 atom stereocenters. The van der Waals surface area contributed by atoms with E-state index in [0.717, 1.165) is 42.3 Å². The summed E-state index contributed by atoms with van der Waals surface area (Å²) >= 11 is 1.14. The van der Waals surface area contributed by atoms with Crippen LogP contribution in [-0.2, 0) is 11.2 Å². The van der Waals surface area contributed by atoms with Crippen molar-refractivity contribution in [3.8, 4) is 5.75 Å². The molecule has 3 rings (SSSR count). The summed E-state index contributed by atoms with van der Waals surface area (Å²) in [5.74, 6) is -0.558. The van der Waals surface area contributed by atoms with Crippen molar-refractivity contribution in [1.29, 1.82) is 0 Å². The monoisotopic (exact) mass is 630 g/mol. The number of carbonyl (C=O) groups is 3. The van der Waals surface area contributed by atoms with Gasteiger partial charge in [0.05, 0.1) is 17.2 Å². The van der Waals surface area contributed by atoms with Crippen LogP contribution in [0, 0.1) is 0 Å². The number of ether oxygens (including phenoxy) is 2. The summed E-state index contributed by atoms with van der Waals surface area (Å²) in [7, 11) is 0. The molecule has 6 heteroatoms. The van der Waals surface area contributed by atoms with Gasteiger partial charge in [-0.3, -0.25) is 4.79 Å². The Balaban J connectivity index is 1.40. The molecular formula is C39H50O5S. The number of esters is 2. The minimum Gasteiger partial charge on any atom is -0.459 e. The molecule has 0 fully saturated rings. The van der Waals surface area contributed by atoms with Crippen molar-refractivity contribution in [3.63, 3.8) is 0 Å². The van der Waals surface area contributed by atoms with Gasteiger partial charge in [0.25, 0.3) is 0 Å². The highest BCUT2D eigenvalue weighted by Gasteiger charge is 2.14. The van der Waals surface area contributed by atoms with Crippen molar-refractivity contribution >= 4 is 28.8 Å². The van der Waals surface area contributed by atoms with E-state index in [2.05, 4.69) is 26.0 Å². The first-order valence-corrected chi connectivity index (χ1v) is 17.7. The van der Waals surface area contributed by atoms with Crippen LogP contribution in [0.3, 0.4) is 0 Å². The van der Waals surface area contributed by atoms with E-state index in [9.17, 15) is 14.4 Å². The molecule has 0 radical (unpaired) electrons. The maximum absolute atomic E-state index is 12.8. The van der Waals surface area contributed by atoms with Gasteiger partial charge in [-0.15, -0.1) is 0 Å². The molecule has 3 aromatic carbocycles. The highest BCUT2D eigenvalue weighted by molar-refractivity contribution is 8.14. The summed E-state index contributed by atoms with van der Waals surface area (Å²) in [5.41, 5.74) is 2.72. The van der Waals surface area contributed by atoms with Crippen molar-refractivity contribution in [3.05, 3.63) is 95.1 Å². The number of unbranched alkanes of at least 4 members (excludes halogenated alkanes) is 10. The minimum atomic E-state index is -0.513. The van der Waals surface area contributed by atoms with E-state index in [-0.39, 0.29) is 17.2 Å². The Morgan fingerprint density at radius 1 is 0.600 bits per heavy atom. The molecule has 0 amide bonds. The highest BCUT2D eigenvalue weighted by atomic mass is 32.2. The van der Waals surface area contributed by atoms with Crippen LogP contribution in [-0.4, -0.2) is 23.2 Å². The Morgan fingerprint density at radius 3 is 1.73 bits per heavy atom. The molecule has 0 aliphatic rings. The van der Waals surface area contributed by atoms with Gasteiger partial charge < -0.3 is 9.47 Å². The van der Waals surface area contributed by atoms with E-state index in [1.165, 1.54) is 69.8 Å². The topological polar surface area (TPSA) is 69.7 Å². The Hall–Kier alpha value is -3.38. The summed E-state index contributed by atoms with van der Waals surface area (Å²) in [6, 6.07) is 21.1. The van der Waals surface area contributed by atoms with Gasteiger partial charge in [0, 0.05) is 10.5 Å². The van der Waals surface area contributed by atoms with Gasteiger partial charge in [-0.1, -0.05) is 102 Å². The number of rotatable bonds is 20. The fourth-order valence-electron chi connectivity index (χ4n) is 5.09. The predicted molar refractivity (Wildman–Crippen MR) is 184 cm³/mol. The molecule has 0 spiro atoms. The van der Waals surface area contributed by atoms with Crippen LogP contribution in [0.5, 0.6) is 5.75 Å². The minimum absolute atomic E-state index is 0.0338. The zero-order chi connectivity index (χ0) is 32.3. The maximum atomic E-state index is 12.8. The number of benzene rings is 3. The molecule has 1 unspecified atom stereocenters. The lowest BCUT2D eigenvalue weighted by molar-refractivity contribution is 0.0319. The fourth-order valence-corrected chi connectivity index (χ4v) is 5.83. The summed E-state index contributed by atoms with van der Waals surface area (Å²) in [4.78, 5) is 38.7. The van der Waals surface area contributed by atoms with Gasteiger partial charge >= 0.3 is 11.9 Å². The molecule has 0 saturated carbocycles. The van der Waals surface area contributed by atoms with Crippen molar-refractivity contribution in [2.75, 3.05) is 0 Å². The molecule has 0 aliphatic heterocycles. The molecule has 5 nitrogen and oxygen atoms in total. The van der Waals surface area contributed by atoms with Crippen LogP contribution < -0.4 is 4.74 Å². The largest absolute Gasteiger partial charge is 0.459 e. The van der Waals surface area contributed by atoms with Gasteiger partial charge in [-0.25, -0.2) is 9.59 Å². The molecule has 0 N–H and O–H groups in total. The predicted octanol–water partition coefficient (Wildman–Crippen LogP) is 11.0. The molecule has 0 saturated heterocycles. The SMILES string of the molecule is CCCCCCCCCCc1ccc(C(=O)Sc2ccc(C(=O)Oc3ccc(C(=O)OC(C)CCCCCC)cc3)cc2)cc1. The number of thioether (sulfide) groups is 1. The first-order valence-electron chi connectivity index (χ1n) is 16.8. The lowest BCUT2D eigenvalue weighted by Gasteiger charge is -2.13. The van der Waals surface area contributed by atoms with E-state index in [0.29, 0.717) is 22.4 Å². The number of hydrogen-bond acceptors (Lipinski definition) is 6. The molecule has 45 heavy (non-hydrogen) atoms. The van der Waals surface area contributed by atoms with Gasteiger partial charge in [0.15, 0.2) is 0 Å². The van der Waals surface area contributed by atoms with E-state index < -0.39 is 5.97 Å². The molecule has 3 aromatic rings. The maximum Gasteiger partial charge on any atom is 0.343 e. The quantitative estimate of drug-likeness (QED) is 0.0535. The van der Waals surface area contributed by atoms with E-state index in [1.807, 2.05) is 19.1 Å². The van der Waals surface area contributed by atoms with Crippen LogP contribution >= 0.6 is 11.8 Å². The highest BCUT2D eigenvalue weighted by Crippen LogP contribution is 2.25. The normalized spacial score (nSPS) is 11.6. The van der Waals surface area contributed by atoms with Crippen molar-refractivity contribution in [2.24, 2.45) is 0 Å². The summed E-state index contributed by atoms with van der Waals surface area (Å²) in [6.07, 6.45) is 16.7. The summed E-state index contributed by atoms with van der Waals surface area (Å²) < 4.78 is 11.0. The lowest BCUT2D eigenvalue weighted by atomic mass is 10.0. The number of aryl methyl sites for hydroxylation is 1. The fraction of sp³-hybridized carbons (Fsp3) is 0.462. The second-order valence-corrected chi connectivity index (χ2v) is 12.9. The first kappa shape index (κ1) is 36.1. The van der Waals surface area contributed by atoms with Crippen molar-refractivity contribution in [1.82, 2.24) is 0 Å². The molecule has 0 aromatic heterocycles. The Bertz CT molecular complexity index is 1300. The molecular weight excluding hydrogens is 580 g/mol.